The Labute approximate surface area is 111 Å². The number of rotatable bonds is 3. The Morgan fingerprint density at radius 1 is 1.28 bits per heavy atom. The highest BCUT2D eigenvalue weighted by Gasteiger charge is 2.35. The lowest BCUT2D eigenvalue weighted by Crippen LogP contribution is -2.44. The molecule has 1 aliphatic carbocycles. The summed E-state index contributed by atoms with van der Waals surface area (Å²) in [5.41, 5.74) is 6.09. The van der Waals surface area contributed by atoms with E-state index in [0.29, 0.717) is 24.8 Å². The van der Waals surface area contributed by atoms with E-state index in [2.05, 4.69) is 11.8 Å². The fourth-order valence-electron chi connectivity index (χ4n) is 3.60. The van der Waals surface area contributed by atoms with Crippen molar-refractivity contribution >= 4 is 5.91 Å². The summed E-state index contributed by atoms with van der Waals surface area (Å²) in [4.78, 5) is 14.5. The molecule has 0 spiro atoms. The van der Waals surface area contributed by atoms with Crippen LogP contribution in [0.2, 0.25) is 0 Å². The lowest BCUT2D eigenvalue weighted by molar-refractivity contribution is -0.135. The Kier molecular flexibility index (Phi) is 4.66. The number of piperidine rings is 1. The Hall–Kier alpha value is -0.570. The predicted molar refractivity (Wildman–Crippen MR) is 74.2 cm³/mol. The van der Waals surface area contributed by atoms with Gasteiger partial charge in [0.2, 0.25) is 5.91 Å². The quantitative estimate of drug-likeness (QED) is 0.839. The average Bonchev–Trinajstić information content (AvgIpc) is 2.40. The minimum atomic E-state index is 0.121. The minimum Gasteiger partial charge on any atom is -0.342 e. The second kappa shape index (κ2) is 6.05. The van der Waals surface area contributed by atoms with Crippen LogP contribution in [0, 0.1) is 11.3 Å². The van der Waals surface area contributed by atoms with Gasteiger partial charge in [0.15, 0.2) is 0 Å². The van der Waals surface area contributed by atoms with Gasteiger partial charge in [-0.25, -0.2) is 0 Å². The van der Waals surface area contributed by atoms with Crippen molar-refractivity contribution in [3.8, 4) is 0 Å². The molecule has 0 radical (unpaired) electrons. The van der Waals surface area contributed by atoms with Crippen LogP contribution >= 0.6 is 0 Å². The molecule has 2 rings (SSSR count). The van der Waals surface area contributed by atoms with Gasteiger partial charge in [0.1, 0.15) is 0 Å². The maximum atomic E-state index is 12.4. The Balaban J connectivity index is 1.92. The van der Waals surface area contributed by atoms with Crippen LogP contribution in [0.5, 0.6) is 0 Å². The van der Waals surface area contributed by atoms with Gasteiger partial charge in [-0.15, -0.1) is 0 Å². The number of nitrogens with two attached hydrogens (primary N) is 1. The first kappa shape index (κ1) is 13.9. The van der Waals surface area contributed by atoms with E-state index < -0.39 is 0 Å². The number of likely N-dealkylation sites (tertiary alicyclic amines) is 1. The van der Waals surface area contributed by atoms with E-state index in [1.807, 2.05) is 0 Å². The van der Waals surface area contributed by atoms with Gasteiger partial charge in [-0.05, 0) is 43.6 Å². The molecule has 0 bridgehead atoms. The van der Waals surface area contributed by atoms with E-state index in [1.54, 1.807) is 0 Å². The van der Waals surface area contributed by atoms with Crippen molar-refractivity contribution in [2.45, 2.75) is 58.3 Å². The van der Waals surface area contributed by atoms with Crippen molar-refractivity contribution in [3.05, 3.63) is 0 Å². The molecule has 1 unspecified atom stereocenters. The molecule has 2 aliphatic rings. The second-order valence-corrected chi connectivity index (χ2v) is 6.53. The van der Waals surface area contributed by atoms with Crippen LogP contribution in [-0.2, 0) is 4.79 Å². The van der Waals surface area contributed by atoms with E-state index >= 15 is 0 Å². The fourth-order valence-corrected chi connectivity index (χ4v) is 3.60. The van der Waals surface area contributed by atoms with Crippen LogP contribution in [0.4, 0.5) is 0 Å². The van der Waals surface area contributed by atoms with E-state index in [9.17, 15) is 4.79 Å². The molecular formula is C15H28N2O. The van der Waals surface area contributed by atoms with E-state index in [0.717, 1.165) is 25.9 Å². The van der Waals surface area contributed by atoms with Crippen molar-refractivity contribution in [3.63, 3.8) is 0 Å². The first-order chi connectivity index (χ1) is 8.65. The molecule has 2 fully saturated rings. The summed E-state index contributed by atoms with van der Waals surface area (Å²) in [7, 11) is 0. The van der Waals surface area contributed by atoms with E-state index in [1.165, 1.54) is 32.1 Å². The zero-order chi connectivity index (χ0) is 13.0. The van der Waals surface area contributed by atoms with Crippen molar-refractivity contribution < 1.29 is 4.79 Å². The highest BCUT2D eigenvalue weighted by atomic mass is 16.2. The maximum absolute atomic E-state index is 12.4. The molecule has 0 aromatic rings. The zero-order valence-corrected chi connectivity index (χ0v) is 11.8. The summed E-state index contributed by atoms with van der Waals surface area (Å²) in [5, 5.41) is 0. The van der Waals surface area contributed by atoms with Crippen LogP contribution in [0.3, 0.4) is 0 Å². The smallest absolute Gasteiger partial charge is 0.223 e. The number of nitrogens with zero attached hydrogens (tertiary/aromatic N) is 1. The molecular weight excluding hydrogens is 224 g/mol. The van der Waals surface area contributed by atoms with Crippen molar-refractivity contribution in [2.75, 3.05) is 19.6 Å². The number of amides is 1. The number of hydrogen-bond donors (Lipinski definition) is 1. The third-order valence-electron chi connectivity index (χ3n) is 4.88. The summed E-state index contributed by atoms with van der Waals surface area (Å²) < 4.78 is 0. The number of carbonyl (C=O) groups excluding carboxylic acids is 1. The number of hydrogen-bond acceptors (Lipinski definition) is 2. The largest absolute Gasteiger partial charge is 0.342 e. The average molecular weight is 252 g/mol. The molecule has 2 N–H and O–H groups in total. The van der Waals surface area contributed by atoms with Crippen LogP contribution in [-0.4, -0.2) is 30.4 Å². The van der Waals surface area contributed by atoms with Crippen LogP contribution in [0.1, 0.15) is 58.3 Å². The van der Waals surface area contributed by atoms with Gasteiger partial charge in [0.05, 0.1) is 0 Å². The highest BCUT2D eigenvalue weighted by molar-refractivity contribution is 5.77. The standard InChI is InChI=1S/C15H28N2O/c1-13-6-5-9-17(11-13)14(18)10-15(12-16)7-3-2-4-8-15/h13H,2-12,16H2,1H3. The highest BCUT2D eigenvalue weighted by Crippen LogP contribution is 2.39. The van der Waals surface area contributed by atoms with Gasteiger partial charge in [0, 0.05) is 19.5 Å². The lowest BCUT2D eigenvalue weighted by atomic mass is 9.71. The van der Waals surface area contributed by atoms with Gasteiger partial charge in [-0.2, -0.15) is 0 Å². The molecule has 1 saturated heterocycles. The monoisotopic (exact) mass is 252 g/mol. The lowest BCUT2D eigenvalue weighted by Gasteiger charge is -2.39. The molecule has 3 nitrogen and oxygen atoms in total. The molecule has 0 aromatic heterocycles. The van der Waals surface area contributed by atoms with Crippen molar-refractivity contribution in [2.24, 2.45) is 17.1 Å². The first-order valence-corrected chi connectivity index (χ1v) is 7.63. The zero-order valence-electron chi connectivity index (χ0n) is 11.8. The van der Waals surface area contributed by atoms with E-state index in [4.69, 9.17) is 5.73 Å². The van der Waals surface area contributed by atoms with Gasteiger partial charge >= 0.3 is 0 Å². The summed E-state index contributed by atoms with van der Waals surface area (Å²) in [6.45, 7) is 4.85. The second-order valence-electron chi connectivity index (χ2n) is 6.53. The Morgan fingerprint density at radius 3 is 2.61 bits per heavy atom. The Bertz CT molecular complexity index is 284. The van der Waals surface area contributed by atoms with Crippen LogP contribution < -0.4 is 5.73 Å². The summed E-state index contributed by atoms with van der Waals surface area (Å²) in [6, 6.07) is 0. The molecule has 1 heterocycles. The molecule has 1 atom stereocenters. The van der Waals surface area contributed by atoms with Gasteiger partial charge < -0.3 is 10.6 Å². The van der Waals surface area contributed by atoms with Gasteiger partial charge in [-0.3, -0.25) is 4.79 Å². The molecule has 3 heteroatoms. The number of carbonyl (C=O) groups is 1. The SMILES string of the molecule is CC1CCCN(C(=O)CC2(CN)CCCCC2)C1. The molecule has 1 amide bonds. The third-order valence-corrected chi connectivity index (χ3v) is 4.88. The first-order valence-electron chi connectivity index (χ1n) is 7.63. The van der Waals surface area contributed by atoms with Crippen molar-refractivity contribution in [1.29, 1.82) is 0 Å². The molecule has 18 heavy (non-hydrogen) atoms. The molecule has 0 aromatic carbocycles. The normalized spacial score (nSPS) is 28.1. The third kappa shape index (κ3) is 3.25. The molecule has 104 valence electrons. The summed E-state index contributed by atoms with van der Waals surface area (Å²) >= 11 is 0. The fraction of sp³-hybridized carbons (Fsp3) is 0.933. The summed E-state index contributed by atoms with van der Waals surface area (Å²) in [6.07, 6.45) is 9.25. The molecule has 1 aliphatic heterocycles. The summed E-state index contributed by atoms with van der Waals surface area (Å²) in [5.74, 6) is 1.02. The van der Waals surface area contributed by atoms with Crippen LogP contribution in [0.25, 0.3) is 0 Å². The molecule has 1 saturated carbocycles. The topological polar surface area (TPSA) is 46.3 Å². The minimum absolute atomic E-state index is 0.121. The predicted octanol–water partition coefficient (Wildman–Crippen LogP) is 2.54. The van der Waals surface area contributed by atoms with Crippen molar-refractivity contribution in [1.82, 2.24) is 4.90 Å². The Morgan fingerprint density at radius 2 is 2.00 bits per heavy atom. The maximum Gasteiger partial charge on any atom is 0.223 e. The van der Waals surface area contributed by atoms with Crippen LogP contribution in [0.15, 0.2) is 0 Å². The van der Waals surface area contributed by atoms with Gasteiger partial charge in [0.25, 0.3) is 0 Å². The van der Waals surface area contributed by atoms with E-state index in [-0.39, 0.29) is 5.41 Å². The van der Waals surface area contributed by atoms with Gasteiger partial charge in [-0.1, -0.05) is 26.2 Å².